The van der Waals surface area contributed by atoms with Crippen molar-refractivity contribution in [2.75, 3.05) is 13.2 Å². The average Bonchev–Trinajstić information content (AvgIpc) is 2.66. The van der Waals surface area contributed by atoms with Gasteiger partial charge in [0.05, 0.1) is 23.8 Å². The first-order valence-electron chi connectivity index (χ1n) is 5.26. The molecule has 1 aromatic rings. The van der Waals surface area contributed by atoms with Crippen molar-refractivity contribution >= 4 is 15.9 Å². The number of aromatic nitrogens is 2. The van der Waals surface area contributed by atoms with Crippen molar-refractivity contribution in [1.29, 1.82) is 0 Å². The summed E-state index contributed by atoms with van der Waals surface area (Å²) in [5.41, 5.74) is 0. The topological polar surface area (TPSA) is 36.3 Å². The molecule has 1 unspecified atom stereocenters. The van der Waals surface area contributed by atoms with Crippen LogP contribution < -0.4 is 0 Å². The molecule has 1 fully saturated rings. The van der Waals surface area contributed by atoms with Gasteiger partial charge >= 0.3 is 0 Å². The number of rotatable bonds is 4. The Hall–Kier alpha value is -0.390. The molecule has 1 aliphatic rings. The molecular weight excluding hydrogens is 260 g/mol. The monoisotopic (exact) mass is 274 g/mol. The van der Waals surface area contributed by atoms with Gasteiger partial charge in [0.25, 0.3) is 0 Å². The van der Waals surface area contributed by atoms with Crippen molar-refractivity contribution in [1.82, 2.24) is 9.78 Å². The van der Waals surface area contributed by atoms with Crippen LogP contribution >= 0.6 is 15.9 Å². The van der Waals surface area contributed by atoms with Crippen LogP contribution in [-0.2, 0) is 16.0 Å². The van der Waals surface area contributed by atoms with Gasteiger partial charge in [0.2, 0.25) is 0 Å². The lowest BCUT2D eigenvalue weighted by atomic mass is 10.2. The van der Waals surface area contributed by atoms with Crippen LogP contribution in [0.3, 0.4) is 0 Å². The minimum atomic E-state index is -0.00208. The quantitative estimate of drug-likeness (QED) is 0.845. The zero-order valence-electron chi connectivity index (χ0n) is 8.56. The molecule has 0 aliphatic carbocycles. The molecule has 2 rings (SSSR count). The Bertz CT molecular complexity index is 297. The summed E-state index contributed by atoms with van der Waals surface area (Å²) in [5, 5.41) is 4.15. The molecule has 1 aliphatic heterocycles. The molecule has 0 saturated carbocycles. The van der Waals surface area contributed by atoms with Crippen molar-refractivity contribution in [3.63, 3.8) is 0 Å². The molecular formula is C10H15BrN2O2. The summed E-state index contributed by atoms with van der Waals surface area (Å²) in [4.78, 5) is 0. The van der Waals surface area contributed by atoms with Gasteiger partial charge in [0, 0.05) is 12.8 Å². The van der Waals surface area contributed by atoms with E-state index in [4.69, 9.17) is 9.47 Å². The van der Waals surface area contributed by atoms with Gasteiger partial charge in [0.1, 0.15) is 0 Å². The molecule has 2 heterocycles. The van der Waals surface area contributed by atoms with Crippen molar-refractivity contribution < 1.29 is 9.47 Å². The number of ether oxygens (including phenoxy) is 2. The summed E-state index contributed by atoms with van der Waals surface area (Å²) in [6.07, 6.45) is 7.09. The maximum Gasteiger partial charge on any atom is 0.157 e. The SMILES string of the molecule is Brc1cnn(CCOC2CCCCO2)c1. The minimum absolute atomic E-state index is 0.00208. The fourth-order valence-corrected chi connectivity index (χ4v) is 1.91. The van der Waals surface area contributed by atoms with E-state index in [1.807, 2.05) is 10.9 Å². The Kier molecular flexibility index (Phi) is 4.17. The maximum absolute atomic E-state index is 5.60. The predicted molar refractivity (Wildman–Crippen MR) is 59.5 cm³/mol. The zero-order valence-corrected chi connectivity index (χ0v) is 10.1. The molecule has 0 spiro atoms. The molecule has 1 saturated heterocycles. The summed E-state index contributed by atoms with van der Waals surface area (Å²) < 4.78 is 13.9. The Morgan fingerprint density at radius 2 is 2.53 bits per heavy atom. The fraction of sp³-hybridized carbons (Fsp3) is 0.700. The number of halogens is 1. The first-order chi connectivity index (χ1) is 7.34. The third-order valence-electron chi connectivity index (χ3n) is 2.36. The molecule has 0 radical (unpaired) electrons. The Morgan fingerprint density at radius 3 is 3.20 bits per heavy atom. The standard InChI is InChI=1S/C10H15BrN2O2/c11-9-7-12-13(8-9)4-6-15-10-3-1-2-5-14-10/h7-8,10H,1-6H2. The summed E-state index contributed by atoms with van der Waals surface area (Å²) in [6, 6.07) is 0. The molecule has 0 amide bonds. The highest BCUT2D eigenvalue weighted by atomic mass is 79.9. The van der Waals surface area contributed by atoms with Crippen LogP contribution in [-0.4, -0.2) is 29.3 Å². The van der Waals surface area contributed by atoms with Crippen LogP contribution in [0, 0.1) is 0 Å². The van der Waals surface area contributed by atoms with Crippen LogP contribution in [0.4, 0.5) is 0 Å². The fourth-order valence-electron chi connectivity index (χ4n) is 1.58. The lowest BCUT2D eigenvalue weighted by Gasteiger charge is -2.22. The van der Waals surface area contributed by atoms with Crippen LogP contribution in [0.1, 0.15) is 19.3 Å². The van der Waals surface area contributed by atoms with Crippen molar-refractivity contribution in [2.45, 2.75) is 32.1 Å². The van der Waals surface area contributed by atoms with E-state index in [0.29, 0.717) is 6.61 Å². The molecule has 0 bridgehead atoms. The van der Waals surface area contributed by atoms with E-state index in [9.17, 15) is 0 Å². The van der Waals surface area contributed by atoms with Crippen molar-refractivity contribution in [2.24, 2.45) is 0 Å². The molecule has 0 N–H and O–H groups in total. The number of hydrogen-bond donors (Lipinski definition) is 0. The smallest absolute Gasteiger partial charge is 0.157 e. The molecule has 1 aromatic heterocycles. The molecule has 4 nitrogen and oxygen atoms in total. The van der Waals surface area contributed by atoms with E-state index in [-0.39, 0.29) is 6.29 Å². The van der Waals surface area contributed by atoms with Gasteiger partial charge in [-0.15, -0.1) is 0 Å². The van der Waals surface area contributed by atoms with Gasteiger partial charge in [-0.25, -0.2) is 0 Å². The first-order valence-corrected chi connectivity index (χ1v) is 6.05. The molecule has 84 valence electrons. The lowest BCUT2D eigenvalue weighted by Crippen LogP contribution is -2.24. The predicted octanol–water partition coefficient (Wildman–Crippen LogP) is 2.19. The average molecular weight is 275 g/mol. The van der Waals surface area contributed by atoms with Crippen LogP contribution in [0.25, 0.3) is 0 Å². The van der Waals surface area contributed by atoms with Crippen LogP contribution in [0.5, 0.6) is 0 Å². The summed E-state index contributed by atoms with van der Waals surface area (Å²) in [5.74, 6) is 0. The highest BCUT2D eigenvalue weighted by molar-refractivity contribution is 9.10. The van der Waals surface area contributed by atoms with E-state index in [0.717, 1.165) is 30.5 Å². The van der Waals surface area contributed by atoms with E-state index in [1.54, 1.807) is 6.20 Å². The second kappa shape index (κ2) is 5.63. The van der Waals surface area contributed by atoms with Crippen molar-refractivity contribution in [3.8, 4) is 0 Å². The van der Waals surface area contributed by atoms with Crippen molar-refractivity contribution in [3.05, 3.63) is 16.9 Å². The zero-order chi connectivity index (χ0) is 10.5. The van der Waals surface area contributed by atoms with E-state index in [1.165, 1.54) is 6.42 Å². The second-order valence-electron chi connectivity index (χ2n) is 3.59. The molecule has 1 atom stereocenters. The Morgan fingerprint density at radius 1 is 1.60 bits per heavy atom. The van der Waals surface area contributed by atoms with E-state index in [2.05, 4.69) is 21.0 Å². The van der Waals surface area contributed by atoms with Gasteiger partial charge in [-0.1, -0.05) is 0 Å². The highest BCUT2D eigenvalue weighted by Crippen LogP contribution is 2.13. The third-order valence-corrected chi connectivity index (χ3v) is 2.77. The van der Waals surface area contributed by atoms with E-state index >= 15 is 0 Å². The number of hydrogen-bond acceptors (Lipinski definition) is 3. The van der Waals surface area contributed by atoms with Gasteiger partial charge in [-0.3, -0.25) is 4.68 Å². The van der Waals surface area contributed by atoms with E-state index < -0.39 is 0 Å². The normalized spacial score (nSPS) is 21.8. The van der Waals surface area contributed by atoms with Gasteiger partial charge < -0.3 is 9.47 Å². The lowest BCUT2D eigenvalue weighted by molar-refractivity contribution is -0.163. The molecule has 0 aromatic carbocycles. The summed E-state index contributed by atoms with van der Waals surface area (Å²) in [6.45, 7) is 2.25. The molecule has 5 heteroatoms. The van der Waals surface area contributed by atoms with Crippen LogP contribution in [0.15, 0.2) is 16.9 Å². The molecule has 15 heavy (non-hydrogen) atoms. The van der Waals surface area contributed by atoms with Gasteiger partial charge in [-0.05, 0) is 35.2 Å². The van der Waals surface area contributed by atoms with Crippen LogP contribution in [0.2, 0.25) is 0 Å². The first kappa shape index (κ1) is 11.1. The summed E-state index contributed by atoms with van der Waals surface area (Å²) in [7, 11) is 0. The Labute approximate surface area is 97.7 Å². The second-order valence-corrected chi connectivity index (χ2v) is 4.50. The largest absolute Gasteiger partial charge is 0.353 e. The number of nitrogens with zero attached hydrogens (tertiary/aromatic N) is 2. The highest BCUT2D eigenvalue weighted by Gasteiger charge is 2.13. The summed E-state index contributed by atoms with van der Waals surface area (Å²) >= 11 is 3.35. The maximum atomic E-state index is 5.60. The third kappa shape index (κ3) is 3.59. The van der Waals surface area contributed by atoms with Gasteiger partial charge in [-0.2, -0.15) is 5.10 Å². The van der Waals surface area contributed by atoms with Gasteiger partial charge in [0.15, 0.2) is 6.29 Å². The minimum Gasteiger partial charge on any atom is -0.353 e. The Balaban J connectivity index is 1.65.